The van der Waals surface area contributed by atoms with E-state index in [2.05, 4.69) is 6.92 Å². The molecule has 0 bridgehead atoms. The molecule has 0 fully saturated rings. The summed E-state index contributed by atoms with van der Waals surface area (Å²) in [4.78, 5) is 0.362. The Labute approximate surface area is 159 Å². The topological polar surface area (TPSA) is 34.1 Å². The third-order valence-electron chi connectivity index (χ3n) is 3.96. The molecule has 0 saturated carbocycles. The van der Waals surface area contributed by atoms with Gasteiger partial charge in [0, 0.05) is 0 Å². The molecule has 2 rings (SSSR count). The molecule has 0 heterocycles. The highest BCUT2D eigenvalue weighted by Crippen LogP contribution is 2.35. The van der Waals surface area contributed by atoms with Gasteiger partial charge in [0.25, 0.3) is 0 Å². The molecule has 2 nitrogen and oxygen atoms in total. The molecule has 0 aliphatic carbocycles. The smallest absolute Gasteiger partial charge is 0.212 e. The number of rotatable bonds is 7. The van der Waals surface area contributed by atoms with Crippen LogP contribution in [0, 0.1) is 6.92 Å². The van der Waals surface area contributed by atoms with Gasteiger partial charge >= 0.3 is 0 Å². The standard InChI is InChI=1S/C20H23IO2S/c1-3-4-6-11-19(17-9-7-5-8-10-17)20(21)24(22,23)18-14-12-16(2)13-15-18/h5,7-10,12-15H,3-4,6,11H2,1-2H3/b20-19+. The van der Waals surface area contributed by atoms with E-state index in [9.17, 15) is 8.42 Å². The fourth-order valence-electron chi connectivity index (χ4n) is 2.53. The van der Waals surface area contributed by atoms with E-state index in [-0.39, 0.29) is 0 Å². The summed E-state index contributed by atoms with van der Waals surface area (Å²) in [5, 5.41) is 0. The van der Waals surface area contributed by atoms with Crippen LogP contribution in [0.1, 0.15) is 43.7 Å². The molecule has 0 N–H and O–H groups in total. The first-order valence-corrected chi connectivity index (χ1v) is 10.8. The van der Waals surface area contributed by atoms with Crippen LogP contribution in [0.4, 0.5) is 0 Å². The van der Waals surface area contributed by atoms with Crippen LogP contribution in [0.3, 0.4) is 0 Å². The number of aryl methyl sites for hydroxylation is 1. The van der Waals surface area contributed by atoms with Crippen molar-refractivity contribution < 1.29 is 8.42 Å². The molecule has 0 amide bonds. The van der Waals surface area contributed by atoms with Gasteiger partial charge < -0.3 is 0 Å². The molecule has 2 aromatic rings. The highest BCUT2D eigenvalue weighted by atomic mass is 127. The average molecular weight is 454 g/mol. The zero-order valence-corrected chi connectivity index (χ0v) is 17.1. The first-order valence-electron chi connectivity index (χ1n) is 8.22. The van der Waals surface area contributed by atoms with Crippen LogP contribution in [-0.2, 0) is 9.84 Å². The summed E-state index contributed by atoms with van der Waals surface area (Å²) in [5.74, 6) is 0. The van der Waals surface area contributed by atoms with Crippen molar-refractivity contribution in [1.82, 2.24) is 0 Å². The third kappa shape index (κ3) is 4.70. The second kappa shape index (κ2) is 8.81. The van der Waals surface area contributed by atoms with E-state index >= 15 is 0 Å². The number of hydrogen-bond donors (Lipinski definition) is 0. The van der Waals surface area contributed by atoms with Crippen LogP contribution in [0.5, 0.6) is 0 Å². The first kappa shape index (κ1) is 19.2. The maximum atomic E-state index is 13.0. The van der Waals surface area contributed by atoms with E-state index in [1.165, 1.54) is 0 Å². The number of sulfone groups is 1. The molecule has 128 valence electrons. The summed E-state index contributed by atoms with van der Waals surface area (Å²) < 4.78 is 26.5. The Bertz CT molecular complexity index is 791. The van der Waals surface area contributed by atoms with Crippen LogP contribution in [0.15, 0.2) is 62.4 Å². The fourth-order valence-corrected chi connectivity index (χ4v) is 5.12. The number of unbranched alkanes of at least 4 members (excludes halogenated alkanes) is 2. The Hall–Kier alpha value is -1.14. The molecule has 0 atom stereocenters. The molecule has 0 aliphatic rings. The van der Waals surface area contributed by atoms with Gasteiger partial charge in [-0.1, -0.05) is 67.8 Å². The van der Waals surface area contributed by atoms with Gasteiger partial charge in [0.15, 0.2) is 0 Å². The van der Waals surface area contributed by atoms with Crippen molar-refractivity contribution in [2.75, 3.05) is 0 Å². The van der Waals surface area contributed by atoms with E-state index in [0.29, 0.717) is 7.81 Å². The molecule has 0 aromatic heterocycles. The molecule has 0 aliphatic heterocycles. The van der Waals surface area contributed by atoms with Crippen molar-refractivity contribution >= 4 is 38.0 Å². The predicted octanol–water partition coefficient (Wildman–Crippen LogP) is 6.15. The number of halogens is 1. The Kier molecular flexibility index (Phi) is 7.04. The monoisotopic (exact) mass is 454 g/mol. The molecule has 2 aromatic carbocycles. The number of allylic oxidation sites excluding steroid dienone is 1. The molecular weight excluding hydrogens is 431 g/mol. The lowest BCUT2D eigenvalue weighted by molar-refractivity contribution is 0.604. The predicted molar refractivity (Wildman–Crippen MR) is 110 cm³/mol. The van der Waals surface area contributed by atoms with Crippen molar-refractivity contribution in [3.63, 3.8) is 0 Å². The van der Waals surface area contributed by atoms with E-state index in [4.69, 9.17) is 0 Å². The van der Waals surface area contributed by atoms with Gasteiger partial charge in [-0.3, -0.25) is 0 Å². The third-order valence-corrected chi connectivity index (χ3v) is 7.96. The summed E-state index contributed by atoms with van der Waals surface area (Å²) in [7, 11) is -3.47. The van der Waals surface area contributed by atoms with Crippen molar-refractivity contribution in [2.45, 2.75) is 44.4 Å². The Morgan fingerprint density at radius 3 is 2.17 bits per heavy atom. The van der Waals surface area contributed by atoms with Gasteiger partial charge in [-0.15, -0.1) is 0 Å². The maximum Gasteiger partial charge on any atom is 0.212 e. The summed E-state index contributed by atoms with van der Waals surface area (Å²) in [6.07, 6.45) is 3.99. The van der Waals surface area contributed by atoms with Crippen molar-refractivity contribution in [2.24, 2.45) is 0 Å². The van der Waals surface area contributed by atoms with E-state index in [1.807, 2.05) is 72.0 Å². The lowest BCUT2D eigenvalue weighted by Gasteiger charge is -2.13. The minimum absolute atomic E-state index is 0.362. The zero-order valence-electron chi connectivity index (χ0n) is 14.1. The van der Waals surface area contributed by atoms with Crippen molar-refractivity contribution in [3.05, 3.63) is 68.6 Å². The van der Waals surface area contributed by atoms with Crippen LogP contribution in [-0.4, -0.2) is 8.42 Å². The molecule has 0 saturated heterocycles. The molecule has 24 heavy (non-hydrogen) atoms. The van der Waals surface area contributed by atoms with Crippen LogP contribution in [0.25, 0.3) is 5.57 Å². The van der Waals surface area contributed by atoms with Crippen molar-refractivity contribution in [3.8, 4) is 0 Å². The fraction of sp³-hybridized carbons (Fsp3) is 0.300. The van der Waals surface area contributed by atoms with E-state index in [1.54, 1.807) is 12.1 Å². The Balaban J connectivity index is 2.49. The van der Waals surface area contributed by atoms with Gasteiger partial charge in [0.05, 0.1) is 4.90 Å². The summed E-state index contributed by atoms with van der Waals surface area (Å²) in [6.45, 7) is 4.11. The van der Waals surface area contributed by atoms with Crippen molar-refractivity contribution in [1.29, 1.82) is 0 Å². The van der Waals surface area contributed by atoms with Gasteiger partial charge in [-0.25, -0.2) is 8.42 Å². The largest absolute Gasteiger partial charge is 0.218 e. The first-order chi connectivity index (χ1) is 11.5. The van der Waals surface area contributed by atoms with Gasteiger partial charge in [-0.2, -0.15) is 0 Å². The summed E-state index contributed by atoms with van der Waals surface area (Å²) in [6, 6.07) is 16.9. The van der Waals surface area contributed by atoms with Gasteiger partial charge in [0.1, 0.15) is 2.91 Å². The summed E-state index contributed by atoms with van der Waals surface area (Å²) in [5.41, 5.74) is 2.97. The number of hydrogen-bond acceptors (Lipinski definition) is 2. The zero-order chi connectivity index (χ0) is 17.6. The minimum Gasteiger partial charge on any atom is -0.218 e. The normalized spacial score (nSPS) is 12.8. The van der Waals surface area contributed by atoms with E-state index < -0.39 is 9.84 Å². The van der Waals surface area contributed by atoms with Crippen LogP contribution in [0.2, 0.25) is 0 Å². The van der Waals surface area contributed by atoms with Gasteiger partial charge in [-0.05, 0) is 65.6 Å². The molecule has 4 heteroatoms. The quantitative estimate of drug-likeness (QED) is 0.371. The highest BCUT2D eigenvalue weighted by molar-refractivity contribution is 14.1. The Morgan fingerprint density at radius 2 is 1.58 bits per heavy atom. The highest BCUT2D eigenvalue weighted by Gasteiger charge is 2.22. The molecule has 0 unspecified atom stereocenters. The second-order valence-corrected chi connectivity index (χ2v) is 9.59. The minimum atomic E-state index is -3.47. The second-order valence-electron chi connectivity index (χ2n) is 5.89. The molecule has 0 radical (unpaired) electrons. The van der Waals surface area contributed by atoms with Gasteiger partial charge in [0.2, 0.25) is 9.84 Å². The lowest BCUT2D eigenvalue weighted by Crippen LogP contribution is -2.03. The number of benzene rings is 2. The Morgan fingerprint density at radius 1 is 0.958 bits per heavy atom. The summed E-state index contributed by atoms with van der Waals surface area (Å²) >= 11 is 2.01. The lowest BCUT2D eigenvalue weighted by atomic mass is 10.0. The molecular formula is C20H23IO2S. The molecule has 0 spiro atoms. The van der Waals surface area contributed by atoms with E-state index in [0.717, 1.165) is 42.4 Å². The average Bonchev–Trinajstić information content (AvgIpc) is 2.59. The van der Waals surface area contributed by atoms with Crippen LogP contribution >= 0.6 is 22.6 Å². The van der Waals surface area contributed by atoms with Crippen LogP contribution < -0.4 is 0 Å². The maximum absolute atomic E-state index is 13.0. The SMILES string of the molecule is CCCCC/C(=C(/I)S(=O)(=O)c1ccc(C)cc1)c1ccccc1.